The summed E-state index contributed by atoms with van der Waals surface area (Å²) in [6.07, 6.45) is 0.508. The fourth-order valence-corrected chi connectivity index (χ4v) is 2.90. The van der Waals surface area contributed by atoms with Crippen LogP contribution in [-0.4, -0.2) is 66.5 Å². The highest BCUT2D eigenvalue weighted by Crippen LogP contribution is 2.13. The SMILES string of the molecule is CC(C(=O)O)S(=O)(=O)N1CCCN(C)C(=O)C1. The Morgan fingerprint density at radius 2 is 2.00 bits per heavy atom. The lowest BCUT2D eigenvalue weighted by Gasteiger charge is -2.21. The van der Waals surface area contributed by atoms with Crippen LogP contribution in [0.3, 0.4) is 0 Å². The van der Waals surface area contributed by atoms with Crippen molar-refractivity contribution in [2.75, 3.05) is 26.7 Å². The summed E-state index contributed by atoms with van der Waals surface area (Å²) < 4.78 is 24.8. The highest BCUT2D eigenvalue weighted by molar-refractivity contribution is 7.90. The maximum absolute atomic E-state index is 11.9. The van der Waals surface area contributed by atoms with Crippen LogP contribution in [0.1, 0.15) is 13.3 Å². The van der Waals surface area contributed by atoms with Crippen molar-refractivity contribution in [1.29, 1.82) is 0 Å². The Labute approximate surface area is 100 Å². The second kappa shape index (κ2) is 5.01. The molecule has 1 aliphatic rings. The Balaban J connectivity index is 2.92. The van der Waals surface area contributed by atoms with Gasteiger partial charge in [0.05, 0.1) is 6.54 Å². The van der Waals surface area contributed by atoms with E-state index in [0.29, 0.717) is 13.0 Å². The molecule has 17 heavy (non-hydrogen) atoms. The van der Waals surface area contributed by atoms with Crippen molar-refractivity contribution < 1.29 is 23.1 Å². The number of carboxylic acid groups (broad SMARTS) is 1. The van der Waals surface area contributed by atoms with Crippen LogP contribution < -0.4 is 0 Å². The minimum Gasteiger partial charge on any atom is -0.480 e. The molecular weight excluding hydrogens is 248 g/mol. The number of sulfonamides is 1. The minimum absolute atomic E-state index is 0.177. The zero-order valence-corrected chi connectivity index (χ0v) is 10.6. The van der Waals surface area contributed by atoms with Gasteiger partial charge in [-0.25, -0.2) is 8.42 Å². The molecule has 0 aromatic carbocycles. The van der Waals surface area contributed by atoms with Crippen molar-refractivity contribution in [3.05, 3.63) is 0 Å². The number of aliphatic carboxylic acids is 1. The van der Waals surface area contributed by atoms with Gasteiger partial charge in [-0.2, -0.15) is 4.31 Å². The maximum atomic E-state index is 11.9. The number of likely N-dealkylation sites (N-methyl/N-ethyl adjacent to an activating group) is 1. The van der Waals surface area contributed by atoms with Crippen molar-refractivity contribution in [1.82, 2.24) is 9.21 Å². The first-order chi connectivity index (χ1) is 7.76. The third-order valence-corrected chi connectivity index (χ3v) is 4.92. The summed E-state index contributed by atoms with van der Waals surface area (Å²) in [5, 5.41) is 7.21. The van der Waals surface area contributed by atoms with E-state index in [2.05, 4.69) is 0 Å². The van der Waals surface area contributed by atoms with Crippen LogP contribution in [0.4, 0.5) is 0 Å². The first-order valence-corrected chi connectivity index (χ1v) is 6.73. The second-order valence-corrected chi connectivity index (χ2v) is 6.28. The van der Waals surface area contributed by atoms with Gasteiger partial charge in [-0.3, -0.25) is 9.59 Å². The Morgan fingerprint density at radius 3 is 2.53 bits per heavy atom. The molecule has 1 rings (SSSR count). The molecule has 0 aromatic rings. The van der Waals surface area contributed by atoms with E-state index in [-0.39, 0.29) is 19.0 Å². The third-order valence-electron chi connectivity index (χ3n) is 2.79. The van der Waals surface area contributed by atoms with E-state index >= 15 is 0 Å². The molecule has 1 atom stereocenters. The molecule has 1 heterocycles. The molecule has 0 radical (unpaired) electrons. The molecule has 0 bridgehead atoms. The number of rotatable bonds is 3. The molecule has 1 aliphatic heterocycles. The van der Waals surface area contributed by atoms with Gasteiger partial charge in [-0.05, 0) is 13.3 Å². The lowest BCUT2D eigenvalue weighted by Crippen LogP contribution is -2.44. The number of carbonyl (C=O) groups is 2. The normalized spacial score (nSPS) is 21.1. The minimum atomic E-state index is -3.95. The van der Waals surface area contributed by atoms with E-state index in [1.54, 1.807) is 7.05 Å². The molecule has 0 spiro atoms. The Hall–Kier alpha value is -1.15. The number of nitrogens with zero attached hydrogens (tertiary/aromatic N) is 2. The van der Waals surface area contributed by atoms with Crippen molar-refractivity contribution in [3.8, 4) is 0 Å². The average molecular weight is 264 g/mol. The zero-order chi connectivity index (χ0) is 13.2. The molecule has 7 nitrogen and oxygen atoms in total. The van der Waals surface area contributed by atoms with Gasteiger partial charge >= 0.3 is 5.97 Å². The zero-order valence-electron chi connectivity index (χ0n) is 9.79. The van der Waals surface area contributed by atoms with Crippen molar-refractivity contribution in [2.24, 2.45) is 0 Å². The fourth-order valence-electron chi connectivity index (χ4n) is 1.53. The molecule has 98 valence electrons. The molecule has 8 heteroatoms. The standard InChI is InChI=1S/C9H16N2O5S/c1-7(9(13)14)17(15,16)11-5-3-4-10(2)8(12)6-11/h7H,3-6H2,1-2H3,(H,13,14). The van der Waals surface area contributed by atoms with Crippen LogP contribution in [0.5, 0.6) is 0 Å². The highest BCUT2D eigenvalue weighted by atomic mass is 32.2. The van der Waals surface area contributed by atoms with Crippen LogP contribution in [0.25, 0.3) is 0 Å². The molecule has 1 unspecified atom stereocenters. The van der Waals surface area contributed by atoms with Gasteiger partial charge < -0.3 is 10.0 Å². The number of hydrogen-bond donors (Lipinski definition) is 1. The number of carbonyl (C=O) groups excluding carboxylic acids is 1. The highest BCUT2D eigenvalue weighted by Gasteiger charge is 2.36. The van der Waals surface area contributed by atoms with E-state index in [9.17, 15) is 18.0 Å². The molecule has 0 aliphatic carbocycles. The largest absolute Gasteiger partial charge is 0.480 e. The summed E-state index contributed by atoms with van der Waals surface area (Å²) in [5.74, 6) is -1.72. The molecule has 1 N–H and O–H groups in total. The van der Waals surface area contributed by atoms with Crippen LogP contribution >= 0.6 is 0 Å². The molecule has 1 amide bonds. The first-order valence-electron chi connectivity index (χ1n) is 5.22. The molecule has 0 aromatic heterocycles. The fraction of sp³-hybridized carbons (Fsp3) is 0.778. The van der Waals surface area contributed by atoms with Gasteiger partial charge in [0.2, 0.25) is 15.9 Å². The van der Waals surface area contributed by atoms with E-state index in [4.69, 9.17) is 5.11 Å². The van der Waals surface area contributed by atoms with E-state index in [1.807, 2.05) is 0 Å². The number of amides is 1. The first kappa shape index (κ1) is 13.9. The topological polar surface area (TPSA) is 95.0 Å². The van der Waals surface area contributed by atoms with E-state index in [0.717, 1.165) is 11.2 Å². The van der Waals surface area contributed by atoms with E-state index < -0.39 is 21.2 Å². The lowest BCUT2D eigenvalue weighted by atomic mass is 10.4. The maximum Gasteiger partial charge on any atom is 0.323 e. The van der Waals surface area contributed by atoms with Crippen molar-refractivity contribution in [2.45, 2.75) is 18.6 Å². The molecule has 1 fully saturated rings. The predicted octanol–water partition coefficient (Wildman–Crippen LogP) is -1.05. The summed E-state index contributed by atoms with van der Waals surface area (Å²) in [6.45, 7) is 1.48. The van der Waals surface area contributed by atoms with Gasteiger partial charge in [-0.15, -0.1) is 0 Å². The van der Waals surface area contributed by atoms with Crippen LogP contribution in [0, 0.1) is 0 Å². The summed E-state index contributed by atoms with van der Waals surface area (Å²) >= 11 is 0. The predicted molar refractivity (Wildman–Crippen MR) is 59.8 cm³/mol. The quantitative estimate of drug-likeness (QED) is 0.702. The Morgan fingerprint density at radius 1 is 1.41 bits per heavy atom. The lowest BCUT2D eigenvalue weighted by molar-refractivity contribution is -0.136. The van der Waals surface area contributed by atoms with E-state index in [1.165, 1.54) is 4.90 Å². The van der Waals surface area contributed by atoms with Crippen LogP contribution in [0.15, 0.2) is 0 Å². The van der Waals surface area contributed by atoms with Crippen LogP contribution in [0.2, 0.25) is 0 Å². The molecule has 1 saturated heterocycles. The molecular formula is C9H16N2O5S. The monoisotopic (exact) mass is 264 g/mol. The summed E-state index contributed by atoms with van der Waals surface area (Å²) in [5.41, 5.74) is 0. The smallest absolute Gasteiger partial charge is 0.323 e. The van der Waals surface area contributed by atoms with Gasteiger partial charge in [0.15, 0.2) is 5.25 Å². The van der Waals surface area contributed by atoms with Crippen molar-refractivity contribution >= 4 is 21.9 Å². The van der Waals surface area contributed by atoms with Gasteiger partial charge in [0, 0.05) is 20.1 Å². The second-order valence-electron chi connectivity index (χ2n) is 4.03. The number of hydrogen-bond acceptors (Lipinski definition) is 4. The van der Waals surface area contributed by atoms with Gasteiger partial charge in [0.25, 0.3) is 0 Å². The third kappa shape index (κ3) is 2.95. The molecule has 0 saturated carbocycles. The summed E-state index contributed by atoms with van der Waals surface area (Å²) in [6, 6.07) is 0. The Kier molecular flexibility index (Phi) is 4.10. The summed E-state index contributed by atoms with van der Waals surface area (Å²) in [7, 11) is -2.36. The Bertz CT molecular complexity index is 419. The van der Waals surface area contributed by atoms with Gasteiger partial charge in [-0.1, -0.05) is 0 Å². The van der Waals surface area contributed by atoms with Gasteiger partial charge in [0.1, 0.15) is 0 Å². The summed E-state index contributed by atoms with van der Waals surface area (Å²) in [4.78, 5) is 23.7. The average Bonchev–Trinajstić information content (AvgIpc) is 2.41. The van der Waals surface area contributed by atoms with Crippen molar-refractivity contribution in [3.63, 3.8) is 0 Å². The number of carboxylic acids is 1. The van der Waals surface area contributed by atoms with Crippen LogP contribution in [-0.2, 0) is 19.6 Å².